The lowest BCUT2D eigenvalue weighted by Gasteiger charge is -2.09. The molecule has 0 saturated heterocycles. The number of hydrogen-bond donors (Lipinski definition) is 1. The van der Waals surface area contributed by atoms with Gasteiger partial charge in [0.1, 0.15) is 5.82 Å². The molecule has 6 heteroatoms. The molecule has 0 saturated carbocycles. The van der Waals surface area contributed by atoms with Crippen molar-refractivity contribution < 1.29 is 17.6 Å². The molecule has 0 atom stereocenters. The third-order valence-corrected chi connectivity index (χ3v) is 4.24. The van der Waals surface area contributed by atoms with Gasteiger partial charge in [0.25, 0.3) is 10.0 Å². The van der Waals surface area contributed by atoms with E-state index in [1.165, 1.54) is 36.4 Å². The molecule has 0 aliphatic rings. The monoisotopic (exact) mass is 307 g/mol. The fourth-order valence-electron chi connectivity index (χ4n) is 1.81. The quantitative estimate of drug-likeness (QED) is 0.863. The number of rotatable bonds is 5. The van der Waals surface area contributed by atoms with Crippen LogP contribution in [0, 0.1) is 5.82 Å². The lowest BCUT2D eigenvalue weighted by molar-refractivity contribution is 0.0988. The molecule has 2 rings (SSSR count). The Morgan fingerprint density at radius 1 is 1.14 bits per heavy atom. The predicted octanol–water partition coefficient (Wildman–Crippen LogP) is 3.22. The number of carbonyl (C=O) groups is 1. The van der Waals surface area contributed by atoms with Crippen molar-refractivity contribution in [2.24, 2.45) is 0 Å². The molecule has 0 radical (unpaired) electrons. The third-order valence-electron chi connectivity index (χ3n) is 2.86. The number of Topliss-reactive ketones (excluding diaryl/α,β-unsaturated/α-hetero) is 1. The Kier molecular flexibility index (Phi) is 4.37. The molecular weight excluding hydrogens is 293 g/mol. The molecule has 0 unspecified atom stereocenters. The van der Waals surface area contributed by atoms with Gasteiger partial charge in [-0.05, 0) is 30.3 Å². The van der Waals surface area contributed by atoms with Crippen LogP contribution in [0.1, 0.15) is 23.7 Å². The second-order valence-electron chi connectivity index (χ2n) is 4.42. The molecule has 2 aromatic carbocycles. The molecule has 0 fully saturated rings. The number of carbonyl (C=O) groups excluding carboxylic acids is 1. The van der Waals surface area contributed by atoms with Crippen molar-refractivity contribution >= 4 is 21.5 Å². The second kappa shape index (κ2) is 6.05. The molecule has 0 aliphatic carbocycles. The van der Waals surface area contributed by atoms with Crippen LogP contribution in [-0.2, 0) is 10.0 Å². The number of benzene rings is 2. The average molecular weight is 307 g/mol. The lowest BCUT2D eigenvalue weighted by atomic mass is 10.1. The molecule has 0 aromatic heterocycles. The van der Waals surface area contributed by atoms with Crippen molar-refractivity contribution in [1.29, 1.82) is 0 Å². The van der Waals surface area contributed by atoms with Gasteiger partial charge in [-0.1, -0.05) is 25.1 Å². The molecule has 0 amide bonds. The van der Waals surface area contributed by atoms with Gasteiger partial charge in [0.2, 0.25) is 0 Å². The number of sulfonamides is 1. The maximum Gasteiger partial charge on any atom is 0.261 e. The van der Waals surface area contributed by atoms with Crippen LogP contribution in [0.4, 0.5) is 10.1 Å². The first-order chi connectivity index (χ1) is 9.92. The number of nitrogens with one attached hydrogen (secondary N) is 1. The molecule has 2 aromatic rings. The Labute approximate surface area is 122 Å². The van der Waals surface area contributed by atoms with Gasteiger partial charge in [-0.2, -0.15) is 0 Å². The van der Waals surface area contributed by atoms with Crippen molar-refractivity contribution in [1.82, 2.24) is 0 Å². The van der Waals surface area contributed by atoms with Gasteiger partial charge in [0.15, 0.2) is 5.78 Å². The Morgan fingerprint density at radius 2 is 1.86 bits per heavy atom. The van der Waals surface area contributed by atoms with Crippen molar-refractivity contribution in [2.75, 3.05) is 4.72 Å². The minimum atomic E-state index is -3.86. The van der Waals surface area contributed by atoms with E-state index < -0.39 is 15.8 Å². The summed E-state index contributed by atoms with van der Waals surface area (Å²) in [5.41, 5.74) is 0.460. The molecule has 0 bridgehead atoms. The van der Waals surface area contributed by atoms with Crippen molar-refractivity contribution in [2.45, 2.75) is 18.2 Å². The van der Waals surface area contributed by atoms with Gasteiger partial charge >= 0.3 is 0 Å². The van der Waals surface area contributed by atoms with Crippen LogP contribution < -0.4 is 4.72 Å². The Hall–Kier alpha value is -2.21. The van der Waals surface area contributed by atoms with E-state index in [-0.39, 0.29) is 16.4 Å². The molecular formula is C15H14FNO3S. The first kappa shape index (κ1) is 15.2. The van der Waals surface area contributed by atoms with Gasteiger partial charge < -0.3 is 0 Å². The van der Waals surface area contributed by atoms with Gasteiger partial charge in [-0.3, -0.25) is 9.52 Å². The minimum Gasteiger partial charge on any atom is -0.294 e. The molecule has 0 heterocycles. The zero-order chi connectivity index (χ0) is 15.5. The molecule has 0 aliphatic heterocycles. The maximum absolute atomic E-state index is 13.1. The van der Waals surface area contributed by atoms with Crippen LogP contribution in [-0.4, -0.2) is 14.2 Å². The van der Waals surface area contributed by atoms with E-state index in [4.69, 9.17) is 0 Å². The van der Waals surface area contributed by atoms with Crippen molar-refractivity contribution in [3.8, 4) is 0 Å². The Morgan fingerprint density at radius 3 is 2.52 bits per heavy atom. The fraction of sp³-hybridized carbons (Fsp3) is 0.133. The maximum atomic E-state index is 13.1. The standard InChI is InChI=1S/C15H14FNO3S/c1-2-15(18)11-5-3-8-14(9-11)21(19,20)17-13-7-4-6-12(16)10-13/h3-10,17H,2H2,1H3. The molecule has 0 spiro atoms. The summed E-state index contributed by atoms with van der Waals surface area (Å²) < 4.78 is 39.8. The summed E-state index contributed by atoms with van der Waals surface area (Å²) in [6, 6.07) is 10.9. The second-order valence-corrected chi connectivity index (χ2v) is 6.10. The van der Waals surface area contributed by atoms with E-state index in [0.29, 0.717) is 12.0 Å². The molecule has 21 heavy (non-hydrogen) atoms. The summed E-state index contributed by atoms with van der Waals surface area (Å²) in [5.74, 6) is -0.678. The zero-order valence-electron chi connectivity index (χ0n) is 11.3. The number of anilines is 1. The Balaban J connectivity index is 2.33. The van der Waals surface area contributed by atoms with Crippen LogP contribution in [0.5, 0.6) is 0 Å². The number of ketones is 1. The third kappa shape index (κ3) is 3.66. The normalized spacial score (nSPS) is 11.1. The van der Waals surface area contributed by atoms with Crippen LogP contribution in [0.15, 0.2) is 53.4 Å². The van der Waals surface area contributed by atoms with Crippen molar-refractivity contribution in [3.63, 3.8) is 0 Å². The highest BCUT2D eigenvalue weighted by atomic mass is 32.2. The minimum absolute atomic E-state index is 0.0361. The van der Waals surface area contributed by atoms with Gasteiger partial charge in [-0.15, -0.1) is 0 Å². The SMILES string of the molecule is CCC(=O)c1cccc(S(=O)(=O)Nc2cccc(F)c2)c1. The fourth-order valence-corrected chi connectivity index (χ4v) is 2.90. The predicted molar refractivity (Wildman–Crippen MR) is 78.3 cm³/mol. The summed E-state index contributed by atoms with van der Waals surface area (Å²) in [7, 11) is -3.86. The topological polar surface area (TPSA) is 63.2 Å². The highest BCUT2D eigenvalue weighted by Crippen LogP contribution is 2.18. The van der Waals surface area contributed by atoms with E-state index in [9.17, 15) is 17.6 Å². The van der Waals surface area contributed by atoms with Gasteiger partial charge in [0.05, 0.1) is 10.6 Å². The summed E-state index contributed by atoms with van der Waals surface area (Å²) in [4.78, 5) is 11.6. The van der Waals surface area contributed by atoms with E-state index in [1.54, 1.807) is 13.0 Å². The molecule has 110 valence electrons. The largest absolute Gasteiger partial charge is 0.294 e. The highest BCUT2D eigenvalue weighted by Gasteiger charge is 2.16. The summed E-state index contributed by atoms with van der Waals surface area (Å²) in [6.45, 7) is 1.70. The Bertz CT molecular complexity index is 772. The average Bonchev–Trinajstić information content (AvgIpc) is 2.46. The lowest BCUT2D eigenvalue weighted by Crippen LogP contribution is -2.13. The van der Waals surface area contributed by atoms with E-state index in [2.05, 4.69) is 4.72 Å². The first-order valence-electron chi connectivity index (χ1n) is 6.34. The van der Waals surface area contributed by atoms with Gasteiger partial charge in [0, 0.05) is 12.0 Å². The summed E-state index contributed by atoms with van der Waals surface area (Å²) in [6.07, 6.45) is 0.292. The molecule has 4 nitrogen and oxygen atoms in total. The van der Waals surface area contributed by atoms with Crippen LogP contribution in [0.2, 0.25) is 0 Å². The van der Waals surface area contributed by atoms with Crippen molar-refractivity contribution in [3.05, 3.63) is 59.9 Å². The first-order valence-corrected chi connectivity index (χ1v) is 7.82. The van der Waals surface area contributed by atoms with E-state index >= 15 is 0 Å². The molecule has 1 N–H and O–H groups in total. The zero-order valence-corrected chi connectivity index (χ0v) is 12.2. The van der Waals surface area contributed by atoms with E-state index in [1.807, 2.05) is 0 Å². The van der Waals surface area contributed by atoms with Crippen LogP contribution >= 0.6 is 0 Å². The van der Waals surface area contributed by atoms with E-state index in [0.717, 1.165) is 6.07 Å². The van der Waals surface area contributed by atoms with Crippen LogP contribution in [0.25, 0.3) is 0 Å². The van der Waals surface area contributed by atoms with Gasteiger partial charge in [-0.25, -0.2) is 12.8 Å². The number of halogens is 1. The highest BCUT2D eigenvalue weighted by molar-refractivity contribution is 7.92. The summed E-state index contributed by atoms with van der Waals surface area (Å²) in [5, 5.41) is 0. The van der Waals surface area contributed by atoms with Crippen LogP contribution in [0.3, 0.4) is 0 Å². The number of hydrogen-bond acceptors (Lipinski definition) is 3. The smallest absolute Gasteiger partial charge is 0.261 e. The summed E-state index contributed by atoms with van der Waals surface area (Å²) >= 11 is 0.